The Kier molecular flexibility index (Phi) is 3.65. The number of hydrogen-bond donors (Lipinski definition) is 1. The molecule has 1 N–H and O–H groups in total. The maximum Gasteiger partial charge on any atom is 0.416 e. The quantitative estimate of drug-likeness (QED) is 0.892. The molecule has 1 aromatic carbocycles. The number of carbonyl (C=O) groups is 1. The lowest BCUT2D eigenvalue weighted by Gasteiger charge is -2.24. The first-order valence-electron chi connectivity index (χ1n) is 4.86. The van der Waals surface area contributed by atoms with Gasteiger partial charge in [-0.05, 0) is 25.1 Å². The summed E-state index contributed by atoms with van der Waals surface area (Å²) in [6.07, 6.45) is -4.43. The number of hydrogen-bond acceptors (Lipinski definition) is 2. The lowest BCUT2D eigenvalue weighted by atomic mass is 10.1. The van der Waals surface area contributed by atoms with Gasteiger partial charge in [0.2, 0.25) is 0 Å². The van der Waals surface area contributed by atoms with Crippen LogP contribution in [0.25, 0.3) is 0 Å². The second-order valence-corrected chi connectivity index (χ2v) is 3.67. The Bertz CT molecular complexity index is 417. The number of nitrogens with zero attached hydrogens (tertiary/aromatic N) is 1. The lowest BCUT2D eigenvalue weighted by molar-refractivity contribution is -0.138. The molecule has 0 fully saturated rings. The van der Waals surface area contributed by atoms with Crippen LogP contribution in [0.1, 0.15) is 12.5 Å². The number of rotatable bonds is 3. The van der Waals surface area contributed by atoms with Gasteiger partial charge in [-0.2, -0.15) is 13.2 Å². The summed E-state index contributed by atoms with van der Waals surface area (Å²) in [4.78, 5) is 12.0. The smallest absolute Gasteiger partial charge is 0.416 e. The van der Waals surface area contributed by atoms with Gasteiger partial charge in [0.25, 0.3) is 0 Å². The topological polar surface area (TPSA) is 40.5 Å². The zero-order valence-corrected chi connectivity index (χ0v) is 9.32. The van der Waals surface area contributed by atoms with Crippen LogP contribution in [-0.4, -0.2) is 24.2 Å². The average molecular weight is 247 g/mol. The molecule has 1 rings (SSSR count). The monoisotopic (exact) mass is 247 g/mol. The normalized spacial score (nSPS) is 13.2. The van der Waals surface area contributed by atoms with E-state index in [4.69, 9.17) is 5.11 Å². The second-order valence-electron chi connectivity index (χ2n) is 3.67. The van der Waals surface area contributed by atoms with E-state index in [-0.39, 0.29) is 5.69 Å². The highest BCUT2D eigenvalue weighted by molar-refractivity contribution is 5.77. The Morgan fingerprint density at radius 3 is 2.47 bits per heavy atom. The zero-order valence-electron chi connectivity index (χ0n) is 9.32. The number of carboxylic acid groups (broad SMARTS) is 1. The Morgan fingerprint density at radius 2 is 2.00 bits per heavy atom. The molecular formula is C11H12F3NO2. The van der Waals surface area contributed by atoms with Gasteiger partial charge in [0, 0.05) is 12.7 Å². The summed E-state index contributed by atoms with van der Waals surface area (Å²) in [7, 11) is 1.44. The molecule has 0 spiro atoms. The fourth-order valence-electron chi connectivity index (χ4n) is 1.29. The zero-order chi connectivity index (χ0) is 13.2. The predicted molar refractivity (Wildman–Crippen MR) is 56.9 cm³/mol. The first-order valence-corrected chi connectivity index (χ1v) is 4.86. The average Bonchev–Trinajstić information content (AvgIpc) is 2.26. The van der Waals surface area contributed by atoms with E-state index in [9.17, 15) is 18.0 Å². The molecule has 3 nitrogen and oxygen atoms in total. The van der Waals surface area contributed by atoms with Gasteiger partial charge in [0.05, 0.1) is 5.56 Å². The minimum Gasteiger partial charge on any atom is -0.480 e. The summed E-state index contributed by atoms with van der Waals surface area (Å²) in [6.45, 7) is 1.41. The van der Waals surface area contributed by atoms with Crippen molar-refractivity contribution < 1.29 is 23.1 Å². The molecule has 0 amide bonds. The molecule has 1 aromatic rings. The number of benzene rings is 1. The molecule has 0 aliphatic heterocycles. The van der Waals surface area contributed by atoms with Gasteiger partial charge in [-0.1, -0.05) is 6.07 Å². The number of anilines is 1. The molecule has 1 unspecified atom stereocenters. The van der Waals surface area contributed by atoms with Crippen LogP contribution in [0.4, 0.5) is 18.9 Å². The summed E-state index contributed by atoms with van der Waals surface area (Å²) < 4.78 is 37.4. The van der Waals surface area contributed by atoms with Gasteiger partial charge in [-0.3, -0.25) is 0 Å². The van der Waals surface area contributed by atoms with Gasteiger partial charge in [-0.25, -0.2) is 4.79 Å². The van der Waals surface area contributed by atoms with E-state index in [1.165, 1.54) is 31.0 Å². The number of carboxylic acids is 1. The minimum atomic E-state index is -4.43. The Labute approximate surface area is 96.5 Å². The van der Waals surface area contributed by atoms with Gasteiger partial charge in [0.15, 0.2) is 0 Å². The second kappa shape index (κ2) is 4.65. The molecule has 0 aromatic heterocycles. The summed E-state index contributed by atoms with van der Waals surface area (Å²) in [5, 5.41) is 8.78. The van der Waals surface area contributed by atoms with Gasteiger partial charge < -0.3 is 10.0 Å². The van der Waals surface area contributed by atoms with E-state index in [0.29, 0.717) is 0 Å². The van der Waals surface area contributed by atoms with E-state index < -0.39 is 23.8 Å². The van der Waals surface area contributed by atoms with Crippen molar-refractivity contribution >= 4 is 11.7 Å². The number of halogens is 3. The lowest BCUT2D eigenvalue weighted by Crippen LogP contribution is -2.35. The largest absolute Gasteiger partial charge is 0.480 e. The highest BCUT2D eigenvalue weighted by Gasteiger charge is 2.31. The third kappa shape index (κ3) is 3.12. The van der Waals surface area contributed by atoms with E-state index in [1.807, 2.05) is 0 Å². The van der Waals surface area contributed by atoms with E-state index in [0.717, 1.165) is 12.1 Å². The predicted octanol–water partition coefficient (Wildman–Crippen LogP) is 2.61. The van der Waals surface area contributed by atoms with Crippen molar-refractivity contribution in [3.8, 4) is 0 Å². The molecular weight excluding hydrogens is 235 g/mol. The molecule has 6 heteroatoms. The first kappa shape index (κ1) is 13.3. The Balaban J connectivity index is 3.04. The van der Waals surface area contributed by atoms with Gasteiger partial charge >= 0.3 is 12.1 Å². The first-order chi connectivity index (χ1) is 7.73. The van der Waals surface area contributed by atoms with Gasteiger partial charge in [0.1, 0.15) is 6.04 Å². The SMILES string of the molecule is CC(C(=O)O)N(C)c1cccc(C(F)(F)F)c1. The van der Waals surface area contributed by atoms with Crippen molar-refractivity contribution in [1.82, 2.24) is 0 Å². The van der Waals surface area contributed by atoms with E-state index in [2.05, 4.69) is 0 Å². The Morgan fingerprint density at radius 1 is 1.41 bits per heavy atom. The van der Waals surface area contributed by atoms with Crippen molar-refractivity contribution in [1.29, 1.82) is 0 Å². The summed E-state index contributed by atoms with van der Waals surface area (Å²) >= 11 is 0. The van der Waals surface area contributed by atoms with Crippen LogP contribution >= 0.6 is 0 Å². The van der Waals surface area contributed by atoms with Crippen LogP contribution in [0.5, 0.6) is 0 Å². The van der Waals surface area contributed by atoms with Crippen molar-refractivity contribution in [2.24, 2.45) is 0 Å². The third-order valence-corrected chi connectivity index (χ3v) is 2.52. The van der Waals surface area contributed by atoms with Crippen molar-refractivity contribution in [3.05, 3.63) is 29.8 Å². The van der Waals surface area contributed by atoms with Crippen LogP contribution in [0, 0.1) is 0 Å². The fraction of sp³-hybridized carbons (Fsp3) is 0.364. The van der Waals surface area contributed by atoms with Crippen molar-refractivity contribution in [2.45, 2.75) is 19.1 Å². The number of likely N-dealkylation sites (N-methyl/N-ethyl adjacent to an activating group) is 1. The van der Waals surface area contributed by atoms with Crippen LogP contribution in [0.2, 0.25) is 0 Å². The van der Waals surface area contributed by atoms with Gasteiger partial charge in [-0.15, -0.1) is 0 Å². The molecule has 0 saturated carbocycles. The molecule has 0 saturated heterocycles. The van der Waals surface area contributed by atoms with Crippen LogP contribution in [0.3, 0.4) is 0 Å². The highest BCUT2D eigenvalue weighted by Crippen LogP contribution is 2.31. The maximum absolute atomic E-state index is 12.5. The highest BCUT2D eigenvalue weighted by atomic mass is 19.4. The molecule has 0 heterocycles. The van der Waals surface area contributed by atoms with E-state index >= 15 is 0 Å². The molecule has 94 valence electrons. The van der Waals surface area contributed by atoms with Crippen LogP contribution < -0.4 is 4.90 Å². The molecule has 0 aliphatic carbocycles. The standard InChI is InChI=1S/C11H12F3NO2/c1-7(10(16)17)15(2)9-5-3-4-8(6-9)11(12,13)14/h3-7H,1-2H3,(H,16,17). The molecule has 1 atom stereocenters. The number of alkyl halides is 3. The maximum atomic E-state index is 12.5. The third-order valence-electron chi connectivity index (χ3n) is 2.52. The summed E-state index contributed by atoms with van der Waals surface area (Å²) in [5.41, 5.74) is -0.575. The van der Waals surface area contributed by atoms with Crippen LogP contribution in [0.15, 0.2) is 24.3 Å². The molecule has 17 heavy (non-hydrogen) atoms. The molecule has 0 radical (unpaired) electrons. The minimum absolute atomic E-state index is 0.217. The molecule has 0 bridgehead atoms. The summed E-state index contributed by atoms with van der Waals surface area (Å²) in [6, 6.07) is 3.68. The fourth-order valence-corrected chi connectivity index (χ4v) is 1.29. The molecule has 0 aliphatic rings. The van der Waals surface area contributed by atoms with Crippen molar-refractivity contribution in [3.63, 3.8) is 0 Å². The van der Waals surface area contributed by atoms with E-state index in [1.54, 1.807) is 0 Å². The Hall–Kier alpha value is -1.72. The van der Waals surface area contributed by atoms with Crippen molar-refractivity contribution in [2.75, 3.05) is 11.9 Å². The summed E-state index contributed by atoms with van der Waals surface area (Å²) in [5.74, 6) is -1.09. The van der Waals surface area contributed by atoms with Crippen LogP contribution in [-0.2, 0) is 11.0 Å². The number of aliphatic carboxylic acids is 1.